The van der Waals surface area contributed by atoms with Gasteiger partial charge in [0.1, 0.15) is 6.04 Å². The molecule has 0 aromatic heterocycles. The summed E-state index contributed by atoms with van der Waals surface area (Å²) in [5.74, 6) is 0.331. The summed E-state index contributed by atoms with van der Waals surface area (Å²) in [7, 11) is 1.53. The minimum atomic E-state index is -0.738. The monoisotopic (exact) mass is 466 g/mol. The summed E-state index contributed by atoms with van der Waals surface area (Å²) in [4.78, 5) is 27.2. The molecular weight excluding hydrogens is 439 g/mol. The van der Waals surface area contributed by atoms with Crippen molar-refractivity contribution < 1.29 is 19.1 Å². The summed E-state index contributed by atoms with van der Waals surface area (Å²) in [6.07, 6.45) is 1.82. The SMILES string of the molecule is CCCCNC(=O)[C@@H](C)N(Cc1c(Cl)cccc1Cl)C(=O)COc1ccccc1OC. The predicted molar refractivity (Wildman–Crippen MR) is 123 cm³/mol. The highest BCUT2D eigenvalue weighted by molar-refractivity contribution is 6.36. The van der Waals surface area contributed by atoms with Crippen molar-refractivity contribution in [1.29, 1.82) is 0 Å². The van der Waals surface area contributed by atoms with Crippen molar-refractivity contribution in [2.24, 2.45) is 0 Å². The van der Waals surface area contributed by atoms with Crippen molar-refractivity contribution in [1.82, 2.24) is 10.2 Å². The maximum Gasteiger partial charge on any atom is 0.261 e. The first-order chi connectivity index (χ1) is 14.9. The van der Waals surface area contributed by atoms with Crippen LogP contribution in [0.15, 0.2) is 42.5 Å². The van der Waals surface area contributed by atoms with Gasteiger partial charge in [-0.3, -0.25) is 9.59 Å². The number of carbonyl (C=O) groups excluding carboxylic acids is 2. The summed E-state index contributed by atoms with van der Waals surface area (Å²) in [5, 5.41) is 3.72. The number of halogens is 2. The third-order valence-corrected chi connectivity index (χ3v) is 5.52. The van der Waals surface area contributed by atoms with Crippen molar-refractivity contribution in [3.63, 3.8) is 0 Å². The molecule has 8 heteroatoms. The molecule has 0 aliphatic heterocycles. The van der Waals surface area contributed by atoms with Crippen LogP contribution in [0.2, 0.25) is 10.0 Å². The van der Waals surface area contributed by atoms with Crippen LogP contribution in [0.1, 0.15) is 32.3 Å². The average Bonchev–Trinajstić information content (AvgIpc) is 2.77. The quantitative estimate of drug-likeness (QED) is 0.486. The minimum absolute atomic E-state index is 0.0784. The average molecular weight is 467 g/mol. The summed E-state index contributed by atoms with van der Waals surface area (Å²) < 4.78 is 10.9. The molecule has 1 N–H and O–H groups in total. The van der Waals surface area contributed by atoms with Gasteiger partial charge < -0.3 is 19.7 Å². The Balaban J connectivity index is 2.21. The predicted octanol–water partition coefficient (Wildman–Crippen LogP) is 4.71. The van der Waals surface area contributed by atoms with E-state index in [1.54, 1.807) is 43.3 Å². The highest BCUT2D eigenvalue weighted by Crippen LogP contribution is 2.28. The van der Waals surface area contributed by atoms with Crippen LogP contribution in [-0.4, -0.2) is 43.0 Å². The van der Waals surface area contributed by atoms with Gasteiger partial charge in [-0.05, 0) is 37.6 Å². The van der Waals surface area contributed by atoms with Gasteiger partial charge in [-0.2, -0.15) is 0 Å². The number of amides is 2. The van der Waals surface area contributed by atoms with Gasteiger partial charge in [0.05, 0.1) is 7.11 Å². The topological polar surface area (TPSA) is 67.9 Å². The Labute approximate surface area is 193 Å². The lowest BCUT2D eigenvalue weighted by Gasteiger charge is -2.29. The van der Waals surface area contributed by atoms with Crippen LogP contribution in [0.4, 0.5) is 0 Å². The van der Waals surface area contributed by atoms with Crippen LogP contribution in [0.3, 0.4) is 0 Å². The maximum atomic E-state index is 13.1. The molecule has 0 spiro atoms. The molecule has 2 rings (SSSR count). The molecule has 0 radical (unpaired) electrons. The molecule has 0 fully saturated rings. The van der Waals surface area contributed by atoms with E-state index in [0.29, 0.717) is 33.7 Å². The highest BCUT2D eigenvalue weighted by atomic mass is 35.5. The molecule has 0 bridgehead atoms. The van der Waals surface area contributed by atoms with E-state index in [2.05, 4.69) is 5.32 Å². The zero-order valence-electron chi connectivity index (χ0n) is 18.0. The zero-order valence-corrected chi connectivity index (χ0v) is 19.5. The van der Waals surface area contributed by atoms with Crippen LogP contribution in [0, 0.1) is 0 Å². The lowest BCUT2D eigenvalue weighted by molar-refractivity contribution is -0.142. The van der Waals surface area contributed by atoms with Gasteiger partial charge in [0.15, 0.2) is 18.1 Å². The Kier molecular flexibility index (Phi) is 9.95. The van der Waals surface area contributed by atoms with Crippen molar-refractivity contribution in [3.8, 4) is 11.5 Å². The molecule has 2 aromatic carbocycles. The number of benzene rings is 2. The lowest BCUT2D eigenvalue weighted by Crippen LogP contribution is -2.49. The summed E-state index contributed by atoms with van der Waals surface area (Å²) in [6, 6.07) is 11.4. The van der Waals surface area contributed by atoms with E-state index in [0.717, 1.165) is 12.8 Å². The number of nitrogens with one attached hydrogen (secondary N) is 1. The van der Waals surface area contributed by atoms with E-state index in [1.807, 2.05) is 13.0 Å². The molecule has 2 amide bonds. The van der Waals surface area contributed by atoms with E-state index in [1.165, 1.54) is 12.0 Å². The van der Waals surface area contributed by atoms with Crippen LogP contribution < -0.4 is 14.8 Å². The fourth-order valence-electron chi connectivity index (χ4n) is 2.93. The first kappa shape index (κ1) is 24.8. The minimum Gasteiger partial charge on any atom is -0.493 e. The Hall–Kier alpha value is -2.44. The Morgan fingerprint density at radius 2 is 1.71 bits per heavy atom. The van der Waals surface area contributed by atoms with E-state index >= 15 is 0 Å². The summed E-state index contributed by atoms with van der Waals surface area (Å²) in [6.45, 7) is 4.07. The highest BCUT2D eigenvalue weighted by Gasteiger charge is 2.28. The van der Waals surface area contributed by atoms with E-state index in [-0.39, 0.29) is 25.0 Å². The third kappa shape index (κ3) is 7.04. The molecule has 0 aliphatic carbocycles. The third-order valence-electron chi connectivity index (χ3n) is 4.81. The molecule has 0 heterocycles. The molecule has 2 aromatic rings. The lowest BCUT2D eigenvalue weighted by atomic mass is 10.1. The fraction of sp³-hybridized carbons (Fsp3) is 0.391. The Morgan fingerprint density at radius 1 is 1.06 bits per heavy atom. The number of rotatable bonds is 11. The second-order valence-electron chi connectivity index (χ2n) is 6.98. The van der Waals surface area contributed by atoms with E-state index < -0.39 is 6.04 Å². The van der Waals surface area contributed by atoms with Crippen molar-refractivity contribution in [3.05, 3.63) is 58.1 Å². The van der Waals surface area contributed by atoms with Crippen LogP contribution in [0.5, 0.6) is 11.5 Å². The van der Waals surface area contributed by atoms with Crippen molar-refractivity contribution in [2.75, 3.05) is 20.3 Å². The number of methoxy groups -OCH3 is 1. The number of nitrogens with zero attached hydrogens (tertiary/aromatic N) is 1. The molecule has 0 aliphatic rings. The summed E-state index contributed by atoms with van der Waals surface area (Å²) >= 11 is 12.6. The number of hydrogen-bond acceptors (Lipinski definition) is 4. The smallest absolute Gasteiger partial charge is 0.261 e. The molecule has 168 valence electrons. The molecule has 1 atom stereocenters. The van der Waals surface area contributed by atoms with Crippen molar-refractivity contribution >= 4 is 35.0 Å². The van der Waals surface area contributed by atoms with Gasteiger partial charge in [0, 0.05) is 28.7 Å². The standard InChI is InChI=1S/C23H28Cl2N2O4/c1-4-5-13-26-23(29)16(2)27(14-17-18(24)9-8-10-19(17)25)22(28)15-31-21-12-7-6-11-20(21)30-3/h6-12,16H,4-5,13-15H2,1-3H3,(H,26,29)/t16-/m1/s1. The molecule has 0 saturated carbocycles. The molecular formula is C23H28Cl2N2O4. The molecule has 31 heavy (non-hydrogen) atoms. The second-order valence-corrected chi connectivity index (χ2v) is 7.80. The second kappa shape index (κ2) is 12.4. The molecule has 0 saturated heterocycles. The Morgan fingerprint density at radius 3 is 2.32 bits per heavy atom. The largest absolute Gasteiger partial charge is 0.493 e. The van der Waals surface area contributed by atoms with Gasteiger partial charge >= 0.3 is 0 Å². The van der Waals surface area contributed by atoms with Crippen LogP contribution >= 0.6 is 23.2 Å². The fourth-order valence-corrected chi connectivity index (χ4v) is 3.45. The zero-order chi connectivity index (χ0) is 22.8. The number of para-hydroxylation sites is 2. The van der Waals surface area contributed by atoms with Gasteiger partial charge in [-0.25, -0.2) is 0 Å². The normalized spacial score (nSPS) is 11.5. The number of ether oxygens (including phenoxy) is 2. The van der Waals surface area contributed by atoms with Crippen molar-refractivity contribution in [2.45, 2.75) is 39.3 Å². The van der Waals surface area contributed by atoms with Crippen LogP contribution in [-0.2, 0) is 16.1 Å². The van der Waals surface area contributed by atoms with Gasteiger partial charge in [0.25, 0.3) is 5.91 Å². The van der Waals surface area contributed by atoms with Gasteiger partial charge in [0.2, 0.25) is 5.91 Å². The van der Waals surface area contributed by atoms with E-state index in [9.17, 15) is 9.59 Å². The molecule has 0 unspecified atom stereocenters. The number of hydrogen-bond donors (Lipinski definition) is 1. The first-order valence-electron chi connectivity index (χ1n) is 10.1. The number of unbranched alkanes of at least 4 members (excludes halogenated alkanes) is 1. The van der Waals surface area contributed by atoms with E-state index in [4.69, 9.17) is 32.7 Å². The van der Waals surface area contributed by atoms with Gasteiger partial charge in [-0.1, -0.05) is 54.7 Å². The van der Waals surface area contributed by atoms with Gasteiger partial charge in [-0.15, -0.1) is 0 Å². The molecule has 6 nitrogen and oxygen atoms in total. The summed E-state index contributed by atoms with van der Waals surface area (Å²) in [5.41, 5.74) is 0.574. The van der Waals surface area contributed by atoms with Crippen LogP contribution in [0.25, 0.3) is 0 Å². The number of carbonyl (C=O) groups is 2. The first-order valence-corrected chi connectivity index (χ1v) is 10.9. The maximum absolute atomic E-state index is 13.1. The Bertz CT molecular complexity index is 871.